The molecule has 0 unspecified atom stereocenters. The van der Waals surface area contributed by atoms with Gasteiger partial charge in [0.1, 0.15) is 24.6 Å². The van der Waals surface area contributed by atoms with Gasteiger partial charge in [0.05, 0.1) is 6.61 Å². The van der Waals surface area contributed by atoms with Crippen molar-refractivity contribution < 1.29 is 25.6 Å². The van der Waals surface area contributed by atoms with Crippen LogP contribution in [0.3, 0.4) is 0 Å². The lowest BCUT2D eigenvalue weighted by atomic mass is 9.95. The maximum Gasteiger partial charge on any atom is 0.316 e. The van der Waals surface area contributed by atoms with Crippen LogP contribution < -0.4 is 10.3 Å². The Morgan fingerprint density at radius 1 is 1.43 bits per heavy atom. The van der Waals surface area contributed by atoms with E-state index in [1.54, 1.807) is 17.0 Å². The van der Waals surface area contributed by atoms with Crippen LogP contribution in [0.5, 0.6) is 0 Å². The molecule has 0 aromatic carbocycles. The zero-order valence-electron chi connectivity index (χ0n) is 7.67. The molecule has 0 fully saturated rings. The Hall–Kier alpha value is -0.950. The van der Waals surface area contributed by atoms with Gasteiger partial charge in [0, 0.05) is 0 Å². The lowest BCUT2D eigenvalue weighted by molar-refractivity contribution is -0.761. The van der Waals surface area contributed by atoms with Crippen LogP contribution in [0.25, 0.3) is 0 Å². The molecule has 0 saturated carbocycles. The molecule has 0 radical (unpaired) electrons. The molecule has 0 saturated heterocycles. The molecule has 2 rings (SSSR count). The van der Waals surface area contributed by atoms with Crippen molar-refractivity contribution in [1.29, 1.82) is 0 Å². The normalized spacial score (nSPS) is 36.9. The first-order chi connectivity index (χ1) is 6.66. The average Bonchev–Trinajstić information content (AvgIpc) is 2.64. The summed E-state index contributed by atoms with van der Waals surface area (Å²) in [6.07, 6.45) is 1.51. The summed E-state index contributed by atoms with van der Waals surface area (Å²) in [4.78, 5) is 2.94. The van der Waals surface area contributed by atoms with E-state index in [-0.39, 0.29) is 6.61 Å². The van der Waals surface area contributed by atoms with Gasteiger partial charge >= 0.3 is 5.82 Å². The molecule has 0 spiro atoms. The predicted molar refractivity (Wildman–Crippen MR) is 44.8 cm³/mol. The van der Waals surface area contributed by atoms with Gasteiger partial charge in [-0.3, -0.25) is 0 Å². The minimum absolute atomic E-state index is 0.208. The Bertz CT molecular complexity index is 327. The molecule has 6 heteroatoms. The van der Waals surface area contributed by atoms with Gasteiger partial charge in [0.15, 0.2) is 6.04 Å². The summed E-state index contributed by atoms with van der Waals surface area (Å²) in [5.74, 6) is 0.724. The molecule has 6 nitrogen and oxygen atoms in total. The standard InChI is InChI=1S/C8H13N3O3/c9-5-7(14)6(13)4(3-12)11-2-1-10-8(5)11/h1-2,4-7,12-14H,3,9H2/p+2/t4-,5+,6-,7-/m1/s1. The monoisotopic (exact) mass is 201 g/mol. The fourth-order valence-electron chi connectivity index (χ4n) is 1.93. The molecular formula is C8H15N3O3+2. The predicted octanol–water partition coefficient (Wildman–Crippen LogP) is -3.15. The van der Waals surface area contributed by atoms with Gasteiger partial charge in [-0.15, -0.1) is 0 Å². The van der Waals surface area contributed by atoms with E-state index in [1.165, 1.54) is 0 Å². The number of quaternary nitrogens is 1. The first-order valence-corrected chi connectivity index (χ1v) is 4.55. The van der Waals surface area contributed by atoms with Gasteiger partial charge in [-0.05, 0) is 0 Å². The number of H-pyrrole nitrogens is 1. The first kappa shape index (κ1) is 9.60. The minimum atomic E-state index is -0.976. The second-order valence-corrected chi connectivity index (χ2v) is 3.59. The largest absolute Gasteiger partial charge is 0.392 e. The van der Waals surface area contributed by atoms with Crippen LogP contribution in [-0.2, 0) is 0 Å². The number of aliphatic hydroxyl groups is 3. The summed E-state index contributed by atoms with van der Waals surface area (Å²) in [7, 11) is 0. The van der Waals surface area contributed by atoms with E-state index < -0.39 is 24.3 Å². The zero-order valence-corrected chi connectivity index (χ0v) is 7.67. The van der Waals surface area contributed by atoms with E-state index in [0.717, 1.165) is 5.82 Å². The molecule has 0 amide bonds. The van der Waals surface area contributed by atoms with Crippen molar-refractivity contribution in [2.24, 2.45) is 0 Å². The Labute approximate surface area is 80.6 Å². The van der Waals surface area contributed by atoms with E-state index in [1.807, 2.05) is 0 Å². The highest BCUT2D eigenvalue weighted by atomic mass is 16.3. The van der Waals surface area contributed by atoms with Gasteiger partial charge < -0.3 is 21.1 Å². The number of hydrogen-bond donors (Lipinski definition) is 5. The second-order valence-electron chi connectivity index (χ2n) is 3.59. The van der Waals surface area contributed by atoms with Crippen molar-refractivity contribution in [2.75, 3.05) is 6.61 Å². The molecule has 14 heavy (non-hydrogen) atoms. The van der Waals surface area contributed by atoms with Gasteiger partial charge in [-0.2, -0.15) is 0 Å². The minimum Gasteiger partial charge on any atom is -0.392 e. The molecule has 1 aliphatic rings. The zero-order chi connectivity index (χ0) is 10.3. The van der Waals surface area contributed by atoms with Crippen molar-refractivity contribution in [2.45, 2.75) is 24.3 Å². The number of hydrogen-bond acceptors (Lipinski definition) is 3. The highest BCUT2D eigenvalue weighted by Gasteiger charge is 2.47. The number of nitrogens with zero attached hydrogens (tertiary/aromatic N) is 1. The molecule has 0 bridgehead atoms. The van der Waals surface area contributed by atoms with Crippen LogP contribution in [0, 0.1) is 0 Å². The Morgan fingerprint density at radius 3 is 2.79 bits per heavy atom. The van der Waals surface area contributed by atoms with Crippen molar-refractivity contribution >= 4 is 0 Å². The van der Waals surface area contributed by atoms with Crippen LogP contribution in [0.4, 0.5) is 0 Å². The maximum absolute atomic E-state index is 9.69. The third-order valence-corrected chi connectivity index (χ3v) is 2.80. The molecule has 1 aliphatic heterocycles. The number of imidazole rings is 1. The fourth-order valence-corrected chi connectivity index (χ4v) is 1.93. The van der Waals surface area contributed by atoms with E-state index in [0.29, 0.717) is 0 Å². The summed E-state index contributed by atoms with van der Waals surface area (Å²) in [5.41, 5.74) is 3.77. The van der Waals surface area contributed by atoms with Crippen molar-refractivity contribution in [3.8, 4) is 0 Å². The lowest BCUT2D eigenvalue weighted by Crippen LogP contribution is -2.71. The molecule has 7 N–H and O–H groups in total. The maximum atomic E-state index is 9.69. The van der Waals surface area contributed by atoms with Crippen molar-refractivity contribution in [1.82, 2.24) is 4.98 Å². The van der Waals surface area contributed by atoms with E-state index in [9.17, 15) is 10.2 Å². The summed E-state index contributed by atoms with van der Waals surface area (Å²) >= 11 is 0. The molecule has 4 atom stereocenters. The van der Waals surface area contributed by atoms with E-state index in [4.69, 9.17) is 5.11 Å². The molecular weight excluding hydrogens is 186 g/mol. The fraction of sp³-hybridized carbons (Fsp3) is 0.625. The Morgan fingerprint density at radius 2 is 2.14 bits per heavy atom. The quantitative estimate of drug-likeness (QED) is 0.310. The number of aromatic amines is 1. The summed E-state index contributed by atoms with van der Waals surface area (Å²) in [6, 6.07) is -0.896. The first-order valence-electron chi connectivity index (χ1n) is 4.55. The summed E-state index contributed by atoms with van der Waals surface area (Å²) < 4.78 is 1.72. The number of aliphatic hydroxyl groups excluding tert-OH is 3. The SMILES string of the molecule is [NH3+][C@@H]1c2[nH]cc[n+]2[C@H](CO)[C@@H](O)[C@@H]1O. The van der Waals surface area contributed by atoms with Crippen LogP contribution in [0.1, 0.15) is 17.9 Å². The van der Waals surface area contributed by atoms with Crippen molar-refractivity contribution in [3.63, 3.8) is 0 Å². The number of nitrogens with one attached hydrogen (secondary N) is 1. The van der Waals surface area contributed by atoms with Crippen LogP contribution in [0.15, 0.2) is 12.4 Å². The Kier molecular flexibility index (Phi) is 2.28. The second kappa shape index (κ2) is 3.32. The number of rotatable bonds is 1. The van der Waals surface area contributed by atoms with Crippen LogP contribution >= 0.6 is 0 Å². The van der Waals surface area contributed by atoms with Gasteiger partial charge in [-0.25, -0.2) is 9.55 Å². The third-order valence-electron chi connectivity index (χ3n) is 2.80. The van der Waals surface area contributed by atoms with Gasteiger partial charge in [-0.1, -0.05) is 0 Å². The molecule has 1 aromatic heterocycles. The Balaban J connectivity index is 2.44. The van der Waals surface area contributed by atoms with Gasteiger partial charge in [0.25, 0.3) is 0 Å². The molecule has 2 heterocycles. The average molecular weight is 201 g/mol. The third kappa shape index (κ3) is 1.16. The van der Waals surface area contributed by atoms with Crippen molar-refractivity contribution in [3.05, 3.63) is 18.2 Å². The van der Waals surface area contributed by atoms with E-state index in [2.05, 4.69) is 10.7 Å². The smallest absolute Gasteiger partial charge is 0.316 e. The lowest BCUT2D eigenvalue weighted by Gasteiger charge is -2.29. The van der Waals surface area contributed by atoms with E-state index >= 15 is 0 Å². The summed E-state index contributed by atoms with van der Waals surface area (Å²) in [6.45, 7) is -0.208. The van der Waals surface area contributed by atoms with Gasteiger partial charge in [0.2, 0.25) is 6.04 Å². The van der Waals surface area contributed by atoms with Crippen LogP contribution in [0.2, 0.25) is 0 Å². The molecule has 78 valence electrons. The van der Waals surface area contributed by atoms with Crippen LogP contribution in [-0.4, -0.2) is 39.1 Å². The number of fused-ring (bicyclic) bond motifs is 1. The molecule has 0 aliphatic carbocycles. The highest BCUT2D eigenvalue weighted by Crippen LogP contribution is 2.22. The topological polar surface area (TPSA) is 108 Å². The number of aromatic nitrogens is 2. The summed E-state index contributed by atoms with van der Waals surface area (Å²) in [5, 5.41) is 28.4. The molecule has 1 aromatic rings. The highest BCUT2D eigenvalue weighted by molar-refractivity contribution is 4.95.